The molecule has 2 amide bonds. The molecule has 10 heteroatoms. The molecule has 1 heterocycles. The lowest BCUT2D eigenvalue weighted by Gasteiger charge is -2.18. The molecule has 0 bridgehead atoms. The van der Waals surface area contributed by atoms with Gasteiger partial charge in [0.2, 0.25) is 11.8 Å². The number of halogens is 3. The van der Waals surface area contributed by atoms with Crippen molar-refractivity contribution in [3.05, 3.63) is 63.7 Å². The molecule has 1 aliphatic heterocycles. The number of benzene rings is 2. The molecule has 2 aromatic rings. The highest BCUT2D eigenvalue weighted by molar-refractivity contribution is 6.03. The fourth-order valence-electron chi connectivity index (χ4n) is 3.08. The molecule has 0 radical (unpaired) electrons. The number of hydrogen-bond donors (Lipinski definition) is 1. The number of nitro groups is 1. The van der Waals surface area contributed by atoms with Crippen LogP contribution in [0.1, 0.15) is 17.5 Å². The van der Waals surface area contributed by atoms with E-state index in [0.717, 1.165) is 17.0 Å². The highest BCUT2D eigenvalue weighted by Gasteiger charge is 2.37. The Morgan fingerprint density at radius 2 is 1.97 bits per heavy atom. The van der Waals surface area contributed by atoms with E-state index in [1.54, 1.807) is 6.92 Å². The molecule has 1 N–H and O–H groups in total. The summed E-state index contributed by atoms with van der Waals surface area (Å²) in [4.78, 5) is 36.3. The van der Waals surface area contributed by atoms with E-state index in [1.807, 2.05) is 0 Å². The number of carbonyl (C=O) groups is 2. The number of hydrogen-bond acceptors (Lipinski definition) is 4. The molecule has 1 aliphatic rings. The maximum atomic E-state index is 12.9. The summed E-state index contributed by atoms with van der Waals surface area (Å²) in [6, 6.07) is 8.35. The Labute approximate surface area is 163 Å². The minimum Gasteiger partial charge on any atom is -0.325 e. The van der Waals surface area contributed by atoms with E-state index >= 15 is 0 Å². The first kappa shape index (κ1) is 20.3. The molecule has 1 fully saturated rings. The van der Waals surface area contributed by atoms with E-state index in [9.17, 15) is 32.9 Å². The van der Waals surface area contributed by atoms with E-state index in [2.05, 4.69) is 5.32 Å². The minimum atomic E-state index is -4.55. The van der Waals surface area contributed by atoms with Crippen molar-refractivity contribution in [2.45, 2.75) is 19.5 Å². The van der Waals surface area contributed by atoms with Crippen LogP contribution < -0.4 is 10.2 Å². The van der Waals surface area contributed by atoms with Gasteiger partial charge in [-0.05, 0) is 30.7 Å². The van der Waals surface area contributed by atoms with Gasteiger partial charge in [-0.1, -0.05) is 12.1 Å². The van der Waals surface area contributed by atoms with E-state index < -0.39 is 34.4 Å². The molecule has 0 aromatic heterocycles. The van der Waals surface area contributed by atoms with Crippen molar-refractivity contribution in [1.29, 1.82) is 0 Å². The van der Waals surface area contributed by atoms with Crippen LogP contribution in [0.15, 0.2) is 42.5 Å². The van der Waals surface area contributed by atoms with Crippen LogP contribution in [0.2, 0.25) is 0 Å². The lowest BCUT2D eigenvalue weighted by atomic mass is 10.1. The first-order valence-electron chi connectivity index (χ1n) is 8.60. The Morgan fingerprint density at radius 1 is 1.24 bits per heavy atom. The molecule has 152 valence electrons. The van der Waals surface area contributed by atoms with Gasteiger partial charge in [0, 0.05) is 30.8 Å². The van der Waals surface area contributed by atoms with Gasteiger partial charge >= 0.3 is 6.18 Å². The van der Waals surface area contributed by atoms with E-state index in [1.165, 1.54) is 30.3 Å². The van der Waals surface area contributed by atoms with Gasteiger partial charge in [0.15, 0.2) is 0 Å². The molecule has 0 spiro atoms. The lowest BCUT2D eigenvalue weighted by Crippen LogP contribution is -2.28. The summed E-state index contributed by atoms with van der Waals surface area (Å²) in [5, 5.41) is 13.5. The third-order valence-electron chi connectivity index (χ3n) is 4.67. The largest absolute Gasteiger partial charge is 0.416 e. The predicted molar refractivity (Wildman–Crippen MR) is 98.4 cm³/mol. The second-order valence-electron chi connectivity index (χ2n) is 6.70. The van der Waals surface area contributed by atoms with Crippen LogP contribution in [0.5, 0.6) is 0 Å². The molecular formula is C19H16F3N3O4. The highest BCUT2D eigenvalue weighted by atomic mass is 19.4. The molecule has 3 rings (SSSR count). The van der Waals surface area contributed by atoms with Gasteiger partial charge in [-0.2, -0.15) is 13.2 Å². The first-order valence-corrected chi connectivity index (χ1v) is 8.60. The Bertz CT molecular complexity index is 991. The number of carbonyl (C=O) groups excluding carboxylic acids is 2. The van der Waals surface area contributed by atoms with E-state index in [4.69, 9.17) is 0 Å². The molecular weight excluding hydrogens is 391 g/mol. The number of nitrogens with zero attached hydrogens (tertiary/aromatic N) is 2. The van der Waals surface area contributed by atoms with Crippen molar-refractivity contribution in [1.82, 2.24) is 0 Å². The van der Waals surface area contributed by atoms with E-state index in [-0.39, 0.29) is 30.0 Å². The zero-order valence-electron chi connectivity index (χ0n) is 15.2. The van der Waals surface area contributed by atoms with Gasteiger partial charge in [-0.15, -0.1) is 0 Å². The molecule has 0 aliphatic carbocycles. The summed E-state index contributed by atoms with van der Waals surface area (Å²) in [6.07, 6.45) is -4.72. The minimum absolute atomic E-state index is 0.0617. The van der Waals surface area contributed by atoms with Crippen molar-refractivity contribution in [3.63, 3.8) is 0 Å². The van der Waals surface area contributed by atoms with Crippen LogP contribution in [-0.4, -0.2) is 23.3 Å². The van der Waals surface area contributed by atoms with Gasteiger partial charge in [0.1, 0.15) is 0 Å². The monoisotopic (exact) mass is 407 g/mol. The lowest BCUT2D eigenvalue weighted by molar-refractivity contribution is -0.384. The highest BCUT2D eigenvalue weighted by Crippen LogP contribution is 2.34. The molecule has 0 unspecified atom stereocenters. The molecule has 0 saturated carbocycles. The summed E-state index contributed by atoms with van der Waals surface area (Å²) in [6.45, 7) is 1.58. The summed E-state index contributed by atoms with van der Waals surface area (Å²) in [5.74, 6) is -1.80. The number of nitro benzene ring substituents is 1. The molecule has 7 nitrogen and oxygen atoms in total. The zero-order chi connectivity index (χ0) is 21.3. The Hall–Kier alpha value is -3.43. The van der Waals surface area contributed by atoms with Crippen LogP contribution >= 0.6 is 0 Å². The number of non-ortho nitro benzene ring substituents is 1. The standard InChI is InChI=1S/C19H16F3N3O4/c1-11-5-6-15(25(28)29)9-16(11)23-18(27)12-7-17(26)24(10-12)14-4-2-3-13(8-14)19(20,21)22/h2-6,8-9,12H,7,10H2,1H3,(H,23,27)/t12-/m0/s1. The Balaban J connectivity index is 1.76. The summed E-state index contributed by atoms with van der Waals surface area (Å²) in [5.41, 5.74) is -0.175. The van der Waals surface area contributed by atoms with Crippen molar-refractivity contribution in [3.8, 4) is 0 Å². The fraction of sp³-hybridized carbons (Fsp3) is 0.263. The third kappa shape index (κ3) is 4.36. The molecule has 29 heavy (non-hydrogen) atoms. The van der Waals surface area contributed by atoms with Gasteiger partial charge in [-0.25, -0.2) is 0 Å². The molecule has 1 saturated heterocycles. The van der Waals surface area contributed by atoms with Crippen LogP contribution in [0.3, 0.4) is 0 Å². The maximum Gasteiger partial charge on any atom is 0.416 e. The Morgan fingerprint density at radius 3 is 2.62 bits per heavy atom. The summed E-state index contributed by atoms with van der Waals surface area (Å²) >= 11 is 0. The quantitative estimate of drug-likeness (QED) is 0.614. The number of alkyl halides is 3. The van der Waals surface area contributed by atoms with Crippen molar-refractivity contribution in [2.75, 3.05) is 16.8 Å². The van der Waals surface area contributed by atoms with Gasteiger partial charge in [-0.3, -0.25) is 19.7 Å². The predicted octanol–water partition coefficient (Wildman–Crippen LogP) is 3.91. The number of aryl methyl sites for hydroxylation is 1. The number of amides is 2. The second kappa shape index (κ2) is 7.53. The topological polar surface area (TPSA) is 92.5 Å². The average molecular weight is 407 g/mol. The third-order valence-corrected chi connectivity index (χ3v) is 4.67. The number of rotatable bonds is 4. The van der Waals surface area contributed by atoms with Crippen LogP contribution in [0.25, 0.3) is 0 Å². The average Bonchev–Trinajstić information content (AvgIpc) is 3.04. The van der Waals surface area contributed by atoms with Crippen molar-refractivity contribution >= 4 is 28.9 Å². The fourth-order valence-corrected chi connectivity index (χ4v) is 3.08. The van der Waals surface area contributed by atoms with Gasteiger partial charge in [0.05, 0.1) is 22.1 Å². The van der Waals surface area contributed by atoms with Gasteiger partial charge < -0.3 is 10.2 Å². The number of nitrogens with one attached hydrogen (secondary N) is 1. The second-order valence-corrected chi connectivity index (χ2v) is 6.70. The molecule has 2 aromatic carbocycles. The SMILES string of the molecule is Cc1ccc([N+](=O)[O-])cc1NC(=O)[C@H]1CC(=O)N(c2cccc(C(F)(F)F)c2)C1. The molecule has 1 atom stereocenters. The van der Waals surface area contributed by atoms with Gasteiger partial charge in [0.25, 0.3) is 5.69 Å². The van der Waals surface area contributed by atoms with E-state index in [0.29, 0.717) is 5.56 Å². The summed E-state index contributed by atoms with van der Waals surface area (Å²) in [7, 11) is 0. The Kier molecular flexibility index (Phi) is 5.27. The zero-order valence-corrected chi connectivity index (χ0v) is 15.2. The smallest absolute Gasteiger partial charge is 0.325 e. The van der Waals surface area contributed by atoms with Crippen LogP contribution in [-0.2, 0) is 15.8 Å². The van der Waals surface area contributed by atoms with Crippen molar-refractivity contribution < 1.29 is 27.7 Å². The first-order chi connectivity index (χ1) is 13.6. The normalized spacial score (nSPS) is 16.8. The van der Waals surface area contributed by atoms with Crippen LogP contribution in [0.4, 0.5) is 30.2 Å². The number of anilines is 2. The summed E-state index contributed by atoms with van der Waals surface area (Å²) < 4.78 is 38.7. The van der Waals surface area contributed by atoms with Crippen molar-refractivity contribution in [2.24, 2.45) is 5.92 Å². The maximum absolute atomic E-state index is 12.9. The van der Waals surface area contributed by atoms with Crippen LogP contribution in [0, 0.1) is 23.0 Å².